The fraction of sp³-hybridized carbons (Fsp3) is 0.538. The van der Waals surface area contributed by atoms with Gasteiger partial charge in [0, 0.05) is 19.6 Å². The Bertz CT molecular complexity index is 524. The monoisotopic (exact) mass is 300 g/mol. The molecule has 0 saturated carbocycles. The highest BCUT2D eigenvalue weighted by molar-refractivity contribution is 7.87. The largest absolute Gasteiger partial charge is 0.508 e. The van der Waals surface area contributed by atoms with Crippen molar-refractivity contribution in [3.8, 4) is 5.75 Å². The zero-order valence-corrected chi connectivity index (χ0v) is 12.0. The van der Waals surface area contributed by atoms with Crippen molar-refractivity contribution in [1.29, 1.82) is 0 Å². The number of aliphatic hydroxyl groups is 1. The predicted octanol–water partition coefficient (Wildman–Crippen LogP) is 0.746. The van der Waals surface area contributed by atoms with E-state index in [2.05, 4.69) is 4.72 Å². The number of piperidine rings is 1. The van der Waals surface area contributed by atoms with Crippen molar-refractivity contribution in [3.05, 3.63) is 29.8 Å². The van der Waals surface area contributed by atoms with Gasteiger partial charge in [0.1, 0.15) is 5.75 Å². The first-order valence-corrected chi connectivity index (χ1v) is 8.15. The van der Waals surface area contributed by atoms with Gasteiger partial charge in [0.2, 0.25) is 0 Å². The molecular formula is C13H20N2O4S. The summed E-state index contributed by atoms with van der Waals surface area (Å²) in [7, 11) is -3.52. The summed E-state index contributed by atoms with van der Waals surface area (Å²) in [6.45, 7) is 0.985. The number of rotatable bonds is 5. The van der Waals surface area contributed by atoms with E-state index in [0.717, 1.165) is 19.3 Å². The summed E-state index contributed by atoms with van der Waals surface area (Å²) in [5.74, 6) is 0.106. The van der Waals surface area contributed by atoms with E-state index < -0.39 is 16.3 Å². The van der Waals surface area contributed by atoms with Gasteiger partial charge in [0.05, 0.1) is 6.10 Å². The maximum atomic E-state index is 12.0. The van der Waals surface area contributed by atoms with Crippen LogP contribution in [0.15, 0.2) is 24.3 Å². The van der Waals surface area contributed by atoms with Crippen LogP contribution in [0.5, 0.6) is 5.75 Å². The van der Waals surface area contributed by atoms with Gasteiger partial charge in [0.15, 0.2) is 0 Å². The number of nitrogens with one attached hydrogen (secondary N) is 1. The Morgan fingerprint density at radius 2 is 1.75 bits per heavy atom. The Morgan fingerprint density at radius 3 is 2.35 bits per heavy atom. The molecule has 7 heteroatoms. The van der Waals surface area contributed by atoms with Crippen molar-refractivity contribution in [1.82, 2.24) is 9.03 Å². The molecule has 1 fully saturated rings. The molecule has 20 heavy (non-hydrogen) atoms. The van der Waals surface area contributed by atoms with Crippen LogP contribution in [0.2, 0.25) is 0 Å². The van der Waals surface area contributed by atoms with E-state index in [-0.39, 0.29) is 12.3 Å². The highest BCUT2D eigenvalue weighted by Crippen LogP contribution is 2.17. The SMILES string of the molecule is O=S(=O)(NCC(O)c1ccc(O)cc1)N1CCCCC1. The summed E-state index contributed by atoms with van der Waals surface area (Å²) in [5.41, 5.74) is 0.559. The molecule has 1 atom stereocenters. The minimum atomic E-state index is -3.52. The Labute approximate surface area is 119 Å². The number of phenolic OH excluding ortho intramolecular Hbond substituents is 1. The van der Waals surface area contributed by atoms with Crippen LogP contribution in [0.4, 0.5) is 0 Å². The molecule has 0 bridgehead atoms. The standard InChI is InChI=1S/C13H20N2O4S/c16-12-6-4-11(5-7-12)13(17)10-14-20(18,19)15-8-2-1-3-9-15/h4-7,13-14,16-17H,1-3,8-10H2. The Hall–Kier alpha value is -1.15. The smallest absolute Gasteiger partial charge is 0.279 e. The molecule has 0 amide bonds. The highest BCUT2D eigenvalue weighted by Gasteiger charge is 2.24. The fourth-order valence-corrected chi connectivity index (χ4v) is 3.49. The van der Waals surface area contributed by atoms with Gasteiger partial charge in [-0.05, 0) is 30.5 Å². The van der Waals surface area contributed by atoms with Crippen LogP contribution in [0.3, 0.4) is 0 Å². The maximum Gasteiger partial charge on any atom is 0.279 e. The predicted molar refractivity (Wildman–Crippen MR) is 75.4 cm³/mol. The lowest BCUT2D eigenvalue weighted by molar-refractivity contribution is 0.180. The van der Waals surface area contributed by atoms with Crippen LogP contribution in [0.1, 0.15) is 30.9 Å². The average Bonchev–Trinajstić information content (AvgIpc) is 2.46. The van der Waals surface area contributed by atoms with Gasteiger partial charge >= 0.3 is 0 Å². The molecule has 1 aliphatic rings. The molecule has 0 aliphatic carbocycles. The van der Waals surface area contributed by atoms with Gasteiger partial charge in [-0.3, -0.25) is 0 Å². The third kappa shape index (κ3) is 3.92. The van der Waals surface area contributed by atoms with Crippen LogP contribution in [0.25, 0.3) is 0 Å². The van der Waals surface area contributed by atoms with Crippen molar-refractivity contribution in [2.75, 3.05) is 19.6 Å². The number of aromatic hydroxyl groups is 1. The molecule has 112 valence electrons. The van der Waals surface area contributed by atoms with E-state index in [1.807, 2.05) is 0 Å². The van der Waals surface area contributed by atoms with Crippen molar-refractivity contribution < 1.29 is 18.6 Å². The van der Waals surface area contributed by atoms with Crippen LogP contribution < -0.4 is 4.72 Å². The lowest BCUT2D eigenvalue weighted by Crippen LogP contribution is -2.44. The van der Waals surface area contributed by atoms with Gasteiger partial charge in [-0.15, -0.1) is 0 Å². The number of nitrogens with zero attached hydrogens (tertiary/aromatic N) is 1. The van der Waals surface area contributed by atoms with Gasteiger partial charge in [0.25, 0.3) is 10.2 Å². The van der Waals surface area contributed by atoms with E-state index in [9.17, 15) is 13.5 Å². The molecule has 0 radical (unpaired) electrons. The molecule has 1 aromatic carbocycles. The van der Waals surface area contributed by atoms with Crippen molar-refractivity contribution in [2.24, 2.45) is 0 Å². The second-order valence-corrected chi connectivity index (χ2v) is 6.68. The molecule has 2 rings (SSSR count). The number of aliphatic hydroxyl groups excluding tert-OH is 1. The minimum Gasteiger partial charge on any atom is -0.508 e. The molecule has 1 aromatic rings. The van der Waals surface area contributed by atoms with Crippen molar-refractivity contribution >= 4 is 10.2 Å². The quantitative estimate of drug-likeness (QED) is 0.748. The van der Waals surface area contributed by atoms with Gasteiger partial charge in [-0.25, -0.2) is 0 Å². The zero-order chi connectivity index (χ0) is 14.6. The Morgan fingerprint density at radius 1 is 1.15 bits per heavy atom. The summed E-state index contributed by atoms with van der Waals surface area (Å²) in [5, 5.41) is 19.1. The van der Waals surface area contributed by atoms with Gasteiger partial charge < -0.3 is 10.2 Å². The molecule has 1 unspecified atom stereocenters. The normalized spacial score (nSPS) is 18.9. The van der Waals surface area contributed by atoms with E-state index in [1.165, 1.54) is 16.4 Å². The zero-order valence-electron chi connectivity index (χ0n) is 11.2. The highest BCUT2D eigenvalue weighted by atomic mass is 32.2. The van der Waals surface area contributed by atoms with Crippen LogP contribution in [0, 0.1) is 0 Å². The molecule has 1 aliphatic heterocycles. The lowest BCUT2D eigenvalue weighted by atomic mass is 10.1. The summed E-state index contributed by atoms with van der Waals surface area (Å²) in [6, 6.07) is 6.04. The number of hydrogen-bond donors (Lipinski definition) is 3. The summed E-state index contributed by atoms with van der Waals surface area (Å²) in [6.07, 6.45) is 1.88. The van der Waals surface area contributed by atoms with E-state index in [1.54, 1.807) is 12.1 Å². The Kier molecular flexibility index (Phi) is 4.98. The first-order valence-electron chi connectivity index (χ1n) is 6.71. The minimum absolute atomic E-state index is 0.0798. The van der Waals surface area contributed by atoms with Gasteiger partial charge in [-0.1, -0.05) is 18.6 Å². The molecular weight excluding hydrogens is 280 g/mol. The van der Waals surface area contributed by atoms with Crippen LogP contribution >= 0.6 is 0 Å². The van der Waals surface area contributed by atoms with E-state index in [4.69, 9.17) is 5.11 Å². The molecule has 3 N–H and O–H groups in total. The second kappa shape index (κ2) is 6.53. The van der Waals surface area contributed by atoms with Crippen molar-refractivity contribution in [3.63, 3.8) is 0 Å². The number of phenols is 1. The maximum absolute atomic E-state index is 12.0. The molecule has 1 heterocycles. The topological polar surface area (TPSA) is 89.9 Å². The fourth-order valence-electron chi connectivity index (χ4n) is 2.20. The number of benzene rings is 1. The summed E-state index contributed by atoms with van der Waals surface area (Å²) in [4.78, 5) is 0. The first kappa shape index (κ1) is 15.2. The molecule has 0 aromatic heterocycles. The first-order chi connectivity index (χ1) is 9.49. The third-order valence-corrected chi connectivity index (χ3v) is 4.97. The second-order valence-electron chi connectivity index (χ2n) is 4.92. The third-order valence-electron chi connectivity index (χ3n) is 3.39. The molecule has 0 spiro atoms. The summed E-state index contributed by atoms with van der Waals surface area (Å²) < 4.78 is 27.9. The Balaban J connectivity index is 1.91. The van der Waals surface area contributed by atoms with Crippen LogP contribution in [-0.2, 0) is 10.2 Å². The van der Waals surface area contributed by atoms with Gasteiger partial charge in [-0.2, -0.15) is 17.4 Å². The average molecular weight is 300 g/mol. The molecule has 1 saturated heterocycles. The van der Waals surface area contributed by atoms with Crippen molar-refractivity contribution in [2.45, 2.75) is 25.4 Å². The lowest BCUT2D eigenvalue weighted by Gasteiger charge is -2.26. The van der Waals surface area contributed by atoms with E-state index >= 15 is 0 Å². The summed E-state index contributed by atoms with van der Waals surface area (Å²) >= 11 is 0. The number of hydrogen-bond acceptors (Lipinski definition) is 4. The van der Waals surface area contributed by atoms with E-state index in [0.29, 0.717) is 18.7 Å². The molecule has 6 nitrogen and oxygen atoms in total. The van der Waals surface area contributed by atoms with Crippen LogP contribution in [-0.4, -0.2) is 42.6 Å².